The van der Waals surface area contributed by atoms with E-state index in [-0.39, 0.29) is 30.1 Å². The van der Waals surface area contributed by atoms with Crippen LogP contribution in [0.5, 0.6) is 5.75 Å². The number of hydrogen-bond donors (Lipinski definition) is 0. The fourth-order valence-corrected chi connectivity index (χ4v) is 4.46. The molecule has 2 aliphatic heterocycles. The van der Waals surface area contributed by atoms with Gasteiger partial charge in [-0.25, -0.2) is 4.68 Å². The van der Waals surface area contributed by atoms with Gasteiger partial charge in [0.05, 0.1) is 12.8 Å². The third kappa shape index (κ3) is 4.84. The van der Waals surface area contributed by atoms with Crippen molar-refractivity contribution in [2.75, 3.05) is 33.3 Å². The topological polar surface area (TPSA) is 67.7 Å². The van der Waals surface area contributed by atoms with Crippen LogP contribution in [0.3, 0.4) is 0 Å². The number of halogens is 3. The van der Waals surface area contributed by atoms with Crippen LogP contribution in [0.1, 0.15) is 53.8 Å². The van der Waals surface area contributed by atoms with Gasteiger partial charge in [-0.3, -0.25) is 9.59 Å². The van der Waals surface area contributed by atoms with Crippen LogP contribution in [0.25, 0.3) is 5.69 Å². The summed E-state index contributed by atoms with van der Waals surface area (Å²) in [7, 11) is 1.49. The Morgan fingerprint density at radius 3 is 2.42 bits per heavy atom. The highest BCUT2D eigenvalue weighted by Gasteiger charge is 2.43. The van der Waals surface area contributed by atoms with Gasteiger partial charge in [0.1, 0.15) is 11.4 Å². The first-order valence-corrected chi connectivity index (χ1v) is 11.2. The Morgan fingerprint density at radius 2 is 1.79 bits per heavy atom. The molecule has 178 valence electrons. The zero-order chi connectivity index (χ0) is 23.6. The smallest absolute Gasteiger partial charge is 0.435 e. The molecule has 1 saturated heterocycles. The molecule has 1 aromatic heterocycles. The van der Waals surface area contributed by atoms with E-state index >= 15 is 0 Å². The van der Waals surface area contributed by atoms with Crippen molar-refractivity contribution in [3.8, 4) is 11.4 Å². The van der Waals surface area contributed by atoms with Crippen LogP contribution in [0.2, 0.25) is 0 Å². The van der Waals surface area contributed by atoms with Crippen LogP contribution < -0.4 is 4.74 Å². The van der Waals surface area contributed by atoms with E-state index in [1.165, 1.54) is 7.11 Å². The summed E-state index contributed by atoms with van der Waals surface area (Å²) in [4.78, 5) is 28.8. The van der Waals surface area contributed by atoms with Crippen molar-refractivity contribution >= 4 is 11.8 Å². The fraction of sp³-hybridized carbons (Fsp3) is 0.522. The van der Waals surface area contributed by atoms with Crippen molar-refractivity contribution in [2.24, 2.45) is 0 Å². The average Bonchev–Trinajstić information content (AvgIpc) is 3.46. The molecule has 0 spiro atoms. The number of carbonyl (C=O) groups excluding carboxylic acids is 2. The van der Waals surface area contributed by atoms with Crippen molar-refractivity contribution in [1.82, 2.24) is 19.6 Å². The Balaban J connectivity index is 1.49. The van der Waals surface area contributed by atoms with Gasteiger partial charge in [-0.15, -0.1) is 0 Å². The van der Waals surface area contributed by atoms with Gasteiger partial charge in [-0.05, 0) is 56.4 Å². The van der Waals surface area contributed by atoms with Crippen molar-refractivity contribution in [3.63, 3.8) is 0 Å². The summed E-state index contributed by atoms with van der Waals surface area (Å²) in [6.45, 7) is 2.20. The third-order valence-corrected chi connectivity index (χ3v) is 6.22. The quantitative estimate of drug-likeness (QED) is 0.587. The molecule has 2 aliphatic rings. The minimum Gasteiger partial charge on any atom is -0.497 e. The Bertz CT molecular complexity index is 1010. The highest BCUT2D eigenvalue weighted by molar-refractivity contribution is 5.96. The number of fused-ring (bicyclic) bond motifs is 1. The zero-order valence-corrected chi connectivity index (χ0v) is 18.5. The van der Waals surface area contributed by atoms with Gasteiger partial charge in [0.2, 0.25) is 5.91 Å². The summed E-state index contributed by atoms with van der Waals surface area (Å²) in [5, 5.41) is 3.79. The second-order valence-electron chi connectivity index (χ2n) is 8.37. The Labute approximate surface area is 190 Å². The lowest BCUT2D eigenvalue weighted by Crippen LogP contribution is -2.39. The van der Waals surface area contributed by atoms with Gasteiger partial charge in [-0.1, -0.05) is 0 Å². The SMILES string of the molecule is COc1ccc(-n2nc(C(F)(F)F)c3c2C(=O)N(CCCCC(=O)N2CCCC2)CC3)cc1. The number of benzene rings is 1. The second kappa shape index (κ2) is 9.44. The minimum absolute atomic E-state index is 0.0492. The standard InChI is InChI=1S/C23H27F3N4O3/c1-33-17-9-7-16(8-10-17)30-20-18(21(27-30)23(24,25)26)11-15-29(22(20)32)14-3-2-6-19(31)28-12-4-5-13-28/h7-10H,2-6,11-15H2,1H3. The van der Waals surface area contributed by atoms with Crippen molar-refractivity contribution in [1.29, 1.82) is 0 Å². The third-order valence-electron chi connectivity index (χ3n) is 6.22. The van der Waals surface area contributed by atoms with Crippen molar-refractivity contribution in [3.05, 3.63) is 41.2 Å². The molecule has 33 heavy (non-hydrogen) atoms. The molecular formula is C23H27F3N4O3. The highest BCUT2D eigenvalue weighted by atomic mass is 19.4. The summed E-state index contributed by atoms with van der Waals surface area (Å²) in [6.07, 6.45) is -0.814. The maximum atomic E-state index is 13.6. The van der Waals surface area contributed by atoms with E-state index in [9.17, 15) is 22.8 Å². The molecule has 4 rings (SSSR count). The number of aromatic nitrogens is 2. The zero-order valence-electron chi connectivity index (χ0n) is 18.5. The maximum Gasteiger partial charge on any atom is 0.435 e. The van der Waals surface area contributed by atoms with Gasteiger partial charge < -0.3 is 14.5 Å². The van der Waals surface area contributed by atoms with E-state index in [1.54, 1.807) is 29.2 Å². The number of nitrogens with zero attached hydrogens (tertiary/aromatic N) is 4. The summed E-state index contributed by atoms with van der Waals surface area (Å²) in [5.41, 5.74) is -0.776. The maximum absolute atomic E-state index is 13.6. The number of hydrogen-bond acceptors (Lipinski definition) is 4. The molecule has 1 fully saturated rings. The molecule has 2 amide bonds. The molecule has 0 unspecified atom stereocenters. The molecule has 3 heterocycles. The largest absolute Gasteiger partial charge is 0.497 e. The summed E-state index contributed by atoms with van der Waals surface area (Å²) >= 11 is 0. The lowest BCUT2D eigenvalue weighted by atomic mass is 10.0. The van der Waals surface area contributed by atoms with E-state index < -0.39 is 17.8 Å². The first-order valence-electron chi connectivity index (χ1n) is 11.2. The van der Waals surface area contributed by atoms with E-state index in [1.807, 2.05) is 4.90 Å². The Kier molecular flexibility index (Phi) is 6.62. The molecule has 0 atom stereocenters. The number of carbonyl (C=O) groups is 2. The van der Waals surface area contributed by atoms with Crippen LogP contribution >= 0.6 is 0 Å². The summed E-state index contributed by atoms with van der Waals surface area (Å²) < 4.78 is 47.1. The second-order valence-corrected chi connectivity index (χ2v) is 8.37. The lowest BCUT2D eigenvalue weighted by molar-refractivity contribution is -0.142. The number of methoxy groups -OCH3 is 1. The lowest BCUT2D eigenvalue weighted by Gasteiger charge is -2.28. The monoisotopic (exact) mass is 464 g/mol. The number of ether oxygens (including phenoxy) is 1. The first-order chi connectivity index (χ1) is 15.8. The molecule has 0 aliphatic carbocycles. The van der Waals surface area contributed by atoms with Crippen LogP contribution in [-0.4, -0.2) is 64.7 Å². The number of alkyl halides is 3. The van der Waals surface area contributed by atoms with Gasteiger partial charge in [0.25, 0.3) is 5.91 Å². The number of amides is 2. The summed E-state index contributed by atoms with van der Waals surface area (Å²) in [5.74, 6) is 0.209. The predicted molar refractivity (Wildman–Crippen MR) is 114 cm³/mol. The molecule has 0 saturated carbocycles. The van der Waals surface area contributed by atoms with Crippen LogP contribution in [0.4, 0.5) is 13.2 Å². The molecule has 0 N–H and O–H groups in total. The number of likely N-dealkylation sites (tertiary alicyclic amines) is 1. The highest BCUT2D eigenvalue weighted by Crippen LogP contribution is 2.36. The molecule has 0 bridgehead atoms. The van der Waals surface area contributed by atoms with Crippen LogP contribution in [0.15, 0.2) is 24.3 Å². The van der Waals surface area contributed by atoms with E-state index in [4.69, 9.17) is 4.74 Å². The molecule has 10 heteroatoms. The normalized spacial score (nSPS) is 16.3. The van der Waals surface area contributed by atoms with Gasteiger partial charge >= 0.3 is 6.18 Å². The molecule has 7 nitrogen and oxygen atoms in total. The summed E-state index contributed by atoms with van der Waals surface area (Å²) in [6, 6.07) is 6.36. The van der Waals surface area contributed by atoms with Crippen molar-refractivity contribution in [2.45, 2.75) is 44.7 Å². The minimum atomic E-state index is -4.65. The van der Waals surface area contributed by atoms with E-state index in [2.05, 4.69) is 5.10 Å². The predicted octanol–water partition coefficient (Wildman–Crippen LogP) is 3.69. The fourth-order valence-electron chi connectivity index (χ4n) is 4.46. The molecule has 0 radical (unpaired) electrons. The molecular weight excluding hydrogens is 437 g/mol. The number of rotatable bonds is 7. The Morgan fingerprint density at radius 1 is 1.09 bits per heavy atom. The molecule has 1 aromatic carbocycles. The van der Waals surface area contributed by atoms with Crippen molar-refractivity contribution < 1.29 is 27.5 Å². The van der Waals surface area contributed by atoms with Crippen LogP contribution in [0, 0.1) is 0 Å². The number of unbranched alkanes of at least 4 members (excludes halogenated alkanes) is 1. The first kappa shape index (κ1) is 23.1. The Hall–Kier alpha value is -3.04. The van der Waals surface area contributed by atoms with Crippen LogP contribution in [-0.2, 0) is 17.4 Å². The van der Waals surface area contributed by atoms with Gasteiger partial charge in [0.15, 0.2) is 5.69 Å². The molecule has 2 aromatic rings. The van der Waals surface area contributed by atoms with Gasteiger partial charge in [-0.2, -0.15) is 18.3 Å². The van der Waals surface area contributed by atoms with E-state index in [0.717, 1.165) is 30.6 Å². The average molecular weight is 464 g/mol. The van der Waals surface area contributed by atoms with E-state index in [0.29, 0.717) is 37.2 Å². The van der Waals surface area contributed by atoms with Gasteiger partial charge in [0, 0.05) is 38.2 Å².